The number of nitrogens with one attached hydrogen (secondary N) is 1. The SMILES string of the molecule is C=C(Cc1ccc(SC)cc1)Nc1cc(Cl)c(-c2ccc(SC3CC3)cc2)c(Cl)c1. The molecule has 0 radical (unpaired) electrons. The summed E-state index contributed by atoms with van der Waals surface area (Å²) >= 11 is 16.9. The number of thioether (sulfide) groups is 2. The van der Waals surface area contributed by atoms with Crippen molar-refractivity contribution in [1.29, 1.82) is 0 Å². The molecule has 3 aromatic carbocycles. The van der Waals surface area contributed by atoms with Crippen LogP contribution < -0.4 is 5.32 Å². The topological polar surface area (TPSA) is 12.0 Å². The molecule has 1 N–H and O–H groups in total. The van der Waals surface area contributed by atoms with E-state index < -0.39 is 0 Å². The van der Waals surface area contributed by atoms with Crippen LogP contribution in [0.15, 0.2) is 82.7 Å². The zero-order valence-electron chi connectivity index (χ0n) is 16.8. The minimum atomic E-state index is 0.629. The first-order valence-electron chi connectivity index (χ1n) is 9.85. The smallest absolute Gasteiger partial charge is 0.0520 e. The van der Waals surface area contributed by atoms with Gasteiger partial charge < -0.3 is 5.32 Å². The molecule has 1 fully saturated rings. The monoisotopic (exact) mass is 471 g/mol. The molecule has 1 aliphatic carbocycles. The normalized spacial score (nSPS) is 13.3. The van der Waals surface area contributed by atoms with E-state index in [1.807, 2.05) is 23.9 Å². The molecule has 0 aliphatic heterocycles. The molecule has 0 bridgehead atoms. The predicted octanol–water partition coefficient (Wildman–Crippen LogP) is 8.81. The number of hydrogen-bond donors (Lipinski definition) is 1. The molecule has 1 aliphatic rings. The van der Waals surface area contributed by atoms with Crippen molar-refractivity contribution >= 4 is 52.4 Å². The summed E-state index contributed by atoms with van der Waals surface area (Å²) in [5.74, 6) is 0. The Bertz CT molecular complexity index is 1020. The van der Waals surface area contributed by atoms with Crippen LogP contribution in [0.3, 0.4) is 0 Å². The summed E-state index contributed by atoms with van der Waals surface area (Å²) in [6.45, 7) is 4.16. The lowest BCUT2D eigenvalue weighted by atomic mass is 10.0. The lowest BCUT2D eigenvalue weighted by Gasteiger charge is -2.14. The first kappa shape index (κ1) is 21.7. The Morgan fingerprint density at radius 2 is 1.57 bits per heavy atom. The van der Waals surface area contributed by atoms with E-state index in [0.29, 0.717) is 10.0 Å². The van der Waals surface area contributed by atoms with Crippen molar-refractivity contribution in [3.63, 3.8) is 0 Å². The van der Waals surface area contributed by atoms with E-state index >= 15 is 0 Å². The van der Waals surface area contributed by atoms with Crippen LogP contribution in [0.25, 0.3) is 11.1 Å². The largest absolute Gasteiger partial charge is 0.359 e. The molecular weight excluding hydrogens is 449 g/mol. The number of benzene rings is 3. The summed E-state index contributed by atoms with van der Waals surface area (Å²) in [4.78, 5) is 2.55. The molecule has 154 valence electrons. The number of rotatable bonds is 8. The summed E-state index contributed by atoms with van der Waals surface area (Å²) in [6, 6.07) is 20.9. The van der Waals surface area contributed by atoms with Crippen LogP contribution >= 0.6 is 46.7 Å². The van der Waals surface area contributed by atoms with Crippen molar-refractivity contribution in [1.82, 2.24) is 0 Å². The van der Waals surface area contributed by atoms with Gasteiger partial charge in [0.25, 0.3) is 0 Å². The third-order valence-electron chi connectivity index (χ3n) is 4.91. The number of halogens is 2. The second-order valence-corrected chi connectivity index (χ2v) is 10.5. The molecule has 0 spiro atoms. The second-order valence-electron chi connectivity index (χ2n) is 7.41. The maximum Gasteiger partial charge on any atom is 0.0520 e. The van der Waals surface area contributed by atoms with Gasteiger partial charge in [-0.15, -0.1) is 23.5 Å². The second kappa shape index (κ2) is 9.74. The molecule has 0 saturated heterocycles. The molecule has 5 heteroatoms. The van der Waals surface area contributed by atoms with Crippen LogP contribution in [-0.4, -0.2) is 11.5 Å². The Morgan fingerprint density at radius 3 is 2.13 bits per heavy atom. The molecule has 4 rings (SSSR count). The standard InChI is InChI=1S/C25H23Cl2NS2/c1-16(13-17-3-7-20(29-2)8-4-17)28-19-14-23(26)25(24(27)15-19)18-5-9-21(10-6-18)30-22-11-12-22/h3-10,14-15,22,28H,1,11-13H2,2H3. The van der Waals surface area contributed by atoms with Crippen LogP contribution in [0.1, 0.15) is 18.4 Å². The molecule has 0 amide bonds. The first-order chi connectivity index (χ1) is 14.5. The Kier molecular flexibility index (Phi) is 7.05. The van der Waals surface area contributed by atoms with E-state index in [-0.39, 0.29) is 0 Å². The first-order valence-corrected chi connectivity index (χ1v) is 12.7. The fourth-order valence-corrected chi connectivity index (χ4v) is 5.40. The summed E-state index contributed by atoms with van der Waals surface area (Å²) in [5.41, 5.74) is 4.85. The van der Waals surface area contributed by atoms with Crippen LogP contribution in [0.2, 0.25) is 10.0 Å². The van der Waals surface area contributed by atoms with E-state index in [2.05, 4.69) is 66.7 Å². The van der Waals surface area contributed by atoms with Crippen molar-refractivity contribution in [2.75, 3.05) is 11.6 Å². The van der Waals surface area contributed by atoms with Gasteiger partial charge in [0.15, 0.2) is 0 Å². The van der Waals surface area contributed by atoms with Crippen LogP contribution in [0.4, 0.5) is 5.69 Å². The molecule has 1 nitrogen and oxygen atoms in total. The van der Waals surface area contributed by atoms with Gasteiger partial charge in [0, 0.05) is 38.4 Å². The predicted molar refractivity (Wildman–Crippen MR) is 135 cm³/mol. The highest BCUT2D eigenvalue weighted by Gasteiger charge is 2.22. The van der Waals surface area contributed by atoms with Crippen LogP contribution in [0.5, 0.6) is 0 Å². The molecular formula is C25H23Cl2NS2. The van der Waals surface area contributed by atoms with Crippen molar-refractivity contribution in [3.05, 3.63) is 88.5 Å². The van der Waals surface area contributed by atoms with Crippen LogP contribution in [0, 0.1) is 0 Å². The number of hydrogen-bond acceptors (Lipinski definition) is 3. The van der Waals surface area contributed by atoms with Gasteiger partial charge >= 0.3 is 0 Å². The highest BCUT2D eigenvalue weighted by Crippen LogP contribution is 2.41. The van der Waals surface area contributed by atoms with E-state index in [9.17, 15) is 0 Å². The summed E-state index contributed by atoms with van der Waals surface area (Å²) < 4.78 is 0. The summed E-state index contributed by atoms with van der Waals surface area (Å²) in [6.07, 6.45) is 5.47. The third-order valence-corrected chi connectivity index (χ3v) is 7.60. The summed E-state index contributed by atoms with van der Waals surface area (Å²) in [7, 11) is 0. The fraction of sp³-hybridized carbons (Fsp3) is 0.200. The number of allylic oxidation sites excluding steroid dienone is 1. The molecule has 0 heterocycles. The van der Waals surface area contributed by atoms with Crippen molar-refractivity contribution in [2.24, 2.45) is 0 Å². The zero-order valence-corrected chi connectivity index (χ0v) is 19.9. The maximum absolute atomic E-state index is 6.62. The molecule has 3 aromatic rings. The van der Waals surface area contributed by atoms with E-state index in [0.717, 1.165) is 34.2 Å². The van der Waals surface area contributed by atoms with Crippen molar-refractivity contribution < 1.29 is 0 Å². The van der Waals surface area contributed by atoms with Gasteiger partial charge in [-0.25, -0.2) is 0 Å². The Hall–Kier alpha value is -1.52. The molecule has 1 saturated carbocycles. The lowest BCUT2D eigenvalue weighted by molar-refractivity contribution is 1.15. The molecule has 0 unspecified atom stereocenters. The van der Waals surface area contributed by atoms with Crippen LogP contribution in [-0.2, 0) is 6.42 Å². The van der Waals surface area contributed by atoms with Crippen molar-refractivity contribution in [3.8, 4) is 11.1 Å². The minimum absolute atomic E-state index is 0.629. The number of anilines is 1. The van der Waals surface area contributed by atoms with Crippen molar-refractivity contribution in [2.45, 2.75) is 34.3 Å². The van der Waals surface area contributed by atoms with E-state index in [4.69, 9.17) is 23.2 Å². The van der Waals surface area contributed by atoms with Gasteiger partial charge in [0.2, 0.25) is 0 Å². The van der Waals surface area contributed by atoms with Gasteiger partial charge in [-0.1, -0.05) is 54.0 Å². The van der Waals surface area contributed by atoms with E-state index in [1.165, 1.54) is 28.2 Å². The lowest BCUT2D eigenvalue weighted by Crippen LogP contribution is -2.02. The zero-order chi connectivity index (χ0) is 21.1. The minimum Gasteiger partial charge on any atom is -0.359 e. The van der Waals surface area contributed by atoms with Gasteiger partial charge in [-0.3, -0.25) is 0 Å². The molecule has 0 aromatic heterocycles. The Morgan fingerprint density at radius 1 is 0.967 bits per heavy atom. The highest BCUT2D eigenvalue weighted by atomic mass is 35.5. The maximum atomic E-state index is 6.62. The van der Waals surface area contributed by atoms with Gasteiger partial charge in [0.05, 0.1) is 10.0 Å². The van der Waals surface area contributed by atoms with Gasteiger partial charge in [0.1, 0.15) is 0 Å². The summed E-state index contributed by atoms with van der Waals surface area (Å²) in [5, 5.41) is 5.40. The quantitative estimate of drug-likeness (QED) is 0.329. The average molecular weight is 473 g/mol. The Labute approximate surface area is 197 Å². The Balaban J connectivity index is 1.45. The molecule has 30 heavy (non-hydrogen) atoms. The van der Waals surface area contributed by atoms with Gasteiger partial charge in [-0.2, -0.15) is 0 Å². The highest BCUT2D eigenvalue weighted by molar-refractivity contribution is 8.00. The average Bonchev–Trinajstić information content (AvgIpc) is 3.53. The van der Waals surface area contributed by atoms with E-state index in [1.54, 1.807) is 11.8 Å². The van der Waals surface area contributed by atoms with Gasteiger partial charge in [-0.05, 0) is 66.6 Å². The molecule has 0 atom stereocenters. The fourth-order valence-electron chi connectivity index (χ4n) is 3.24. The third kappa shape index (κ3) is 5.59.